The zero-order valence-electron chi connectivity index (χ0n) is 10.9. The molecular formula is C14H15ClN2O2. The highest BCUT2D eigenvalue weighted by Crippen LogP contribution is 2.27. The van der Waals surface area contributed by atoms with Crippen molar-refractivity contribution >= 4 is 17.6 Å². The van der Waals surface area contributed by atoms with E-state index >= 15 is 0 Å². The molecule has 0 spiro atoms. The van der Waals surface area contributed by atoms with Gasteiger partial charge in [-0.05, 0) is 31.0 Å². The molecule has 2 aromatic rings. The number of aryl methyl sites for hydroxylation is 2. The summed E-state index contributed by atoms with van der Waals surface area (Å²) in [4.78, 5) is 11.1. The molecule has 0 amide bonds. The minimum Gasteiger partial charge on any atom is -0.478 e. The summed E-state index contributed by atoms with van der Waals surface area (Å²) in [7, 11) is 0. The first kappa shape index (κ1) is 13.6. The highest BCUT2D eigenvalue weighted by atomic mass is 35.5. The van der Waals surface area contributed by atoms with Crippen LogP contribution in [0, 0.1) is 6.92 Å². The topological polar surface area (TPSA) is 55.1 Å². The number of nitrogens with zero attached hydrogens (tertiary/aromatic N) is 2. The van der Waals surface area contributed by atoms with Crippen LogP contribution in [-0.4, -0.2) is 20.9 Å². The van der Waals surface area contributed by atoms with E-state index < -0.39 is 5.97 Å². The maximum Gasteiger partial charge on any atom is 0.337 e. The SMILES string of the molecule is CCCn1cc(-c2ccc(Cl)c(C(=O)O)c2)c(C)n1. The fraction of sp³-hybridized carbons (Fsp3) is 0.286. The Labute approximate surface area is 116 Å². The lowest BCUT2D eigenvalue weighted by Gasteiger charge is -2.03. The Kier molecular flexibility index (Phi) is 3.90. The Morgan fingerprint density at radius 2 is 2.21 bits per heavy atom. The second kappa shape index (κ2) is 5.45. The number of halogens is 1. The number of aromatic nitrogens is 2. The highest BCUT2D eigenvalue weighted by Gasteiger charge is 2.13. The number of carboxylic acid groups (broad SMARTS) is 1. The molecular weight excluding hydrogens is 264 g/mol. The van der Waals surface area contributed by atoms with E-state index in [1.54, 1.807) is 12.1 Å². The van der Waals surface area contributed by atoms with Gasteiger partial charge in [-0.1, -0.05) is 24.6 Å². The fourth-order valence-corrected chi connectivity index (χ4v) is 2.20. The lowest BCUT2D eigenvalue weighted by atomic mass is 10.0. The zero-order chi connectivity index (χ0) is 14.0. The van der Waals surface area contributed by atoms with Gasteiger partial charge in [0.05, 0.1) is 16.3 Å². The molecule has 1 N–H and O–H groups in total. The molecule has 1 heterocycles. The summed E-state index contributed by atoms with van der Waals surface area (Å²) in [6.45, 7) is 4.85. The minimum absolute atomic E-state index is 0.113. The Morgan fingerprint density at radius 1 is 1.47 bits per heavy atom. The van der Waals surface area contributed by atoms with Crippen LogP contribution in [0.25, 0.3) is 11.1 Å². The van der Waals surface area contributed by atoms with Gasteiger partial charge in [-0.25, -0.2) is 4.79 Å². The number of benzene rings is 1. The number of hydrogen-bond acceptors (Lipinski definition) is 2. The van der Waals surface area contributed by atoms with E-state index in [9.17, 15) is 4.79 Å². The van der Waals surface area contributed by atoms with Gasteiger partial charge in [-0.15, -0.1) is 0 Å². The van der Waals surface area contributed by atoms with E-state index in [2.05, 4.69) is 12.0 Å². The van der Waals surface area contributed by atoms with Crippen molar-refractivity contribution in [3.8, 4) is 11.1 Å². The van der Waals surface area contributed by atoms with E-state index in [1.807, 2.05) is 23.9 Å². The molecule has 0 radical (unpaired) electrons. The van der Waals surface area contributed by atoms with Gasteiger partial charge < -0.3 is 5.11 Å². The van der Waals surface area contributed by atoms with E-state index in [1.165, 1.54) is 0 Å². The summed E-state index contributed by atoms with van der Waals surface area (Å²) in [5.41, 5.74) is 2.75. The van der Waals surface area contributed by atoms with Crippen molar-refractivity contribution in [2.24, 2.45) is 0 Å². The average molecular weight is 279 g/mol. The van der Waals surface area contributed by atoms with Crippen LogP contribution in [0.2, 0.25) is 5.02 Å². The van der Waals surface area contributed by atoms with E-state index in [0.29, 0.717) is 0 Å². The molecule has 0 fully saturated rings. The lowest BCUT2D eigenvalue weighted by Crippen LogP contribution is -1.97. The summed E-state index contributed by atoms with van der Waals surface area (Å²) < 4.78 is 1.87. The summed E-state index contributed by atoms with van der Waals surface area (Å²) >= 11 is 5.87. The van der Waals surface area contributed by atoms with Crippen molar-refractivity contribution in [3.63, 3.8) is 0 Å². The molecule has 5 heteroatoms. The van der Waals surface area contributed by atoms with Crippen molar-refractivity contribution in [2.75, 3.05) is 0 Å². The van der Waals surface area contributed by atoms with Crippen LogP contribution in [0.3, 0.4) is 0 Å². The normalized spacial score (nSPS) is 10.7. The molecule has 1 aromatic heterocycles. The fourth-order valence-electron chi connectivity index (χ4n) is 2.00. The Balaban J connectivity index is 2.47. The van der Waals surface area contributed by atoms with Crippen LogP contribution in [0.5, 0.6) is 0 Å². The van der Waals surface area contributed by atoms with Crippen molar-refractivity contribution < 1.29 is 9.90 Å². The van der Waals surface area contributed by atoms with Crippen molar-refractivity contribution in [2.45, 2.75) is 26.8 Å². The number of carboxylic acids is 1. The molecule has 0 aliphatic heterocycles. The third-order valence-corrected chi connectivity index (χ3v) is 3.24. The molecule has 0 unspecified atom stereocenters. The molecule has 0 saturated heterocycles. The van der Waals surface area contributed by atoms with Crippen LogP contribution in [0.4, 0.5) is 0 Å². The molecule has 0 saturated carbocycles. The van der Waals surface area contributed by atoms with Crippen molar-refractivity contribution in [1.29, 1.82) is 0 Å². The molecule has 100 valence electrons. The van der Waals surface area contributed by atoms with Crippen molar-refractivity contribution in [3.05, 3.63) is 40.7 Å². The molecule has 19 heavy (non-hydrogen) atoms. The largest absolute Gasteiger partial charge is 0.478 e. The van der Waals surface area contributed by atoms with Gasteiger partial charge >= 0.3 is 5.97 Å². The Bertz CT molecular complexity index is 620. The standard InChI is InChI=1S/C14H15ClN2O2/c1-3-6-17-8-12(9(2)16-17)10-4-5-13(15)11(7-10)14(18)19/h4-5,7-8H,3,6H2,1-2H3,(H,18,19). The molecule has 4 nitrogen and oxygen atoms in total. The number of carbonyl (C=O) groups is 1. The Morgan fingerprint density at radius 3 is 2.84 bits per heavy atom. The van der Waals surface area contributed by atoms with Gasteiger partial charge in [-0.3, -0.25) is 4.68 Å². The lowest BCUT2D eigenvalue weighted by molar-refractivity contribution is 0.0697. The van der Waals surface area contributed by atoms with Crippen LogP contribution in [-0.2, 0) is 6.54 Å². The first-order valence-electron chi connectivity index (χ1n) is 6.10. The molecule has 0 aliphatic rings. The van der Waals surface area contributed by atoms with E-state index in [-0.39, 0.29) is 10.6 Å². The Hall–Kier alpha value is -1.81. The highest BCUT2D eigenvalue weighted by molar-refractivity contribution is 6.33. The summed E-state index contributed by atoms with van der Waals surface area (Å²) in [6.07, 6.45) is 2.94. The van der Waals surface area contributed by atoms with Gasteiger partial charge in [0, 0.05) is 18.3 Å². The monoisotopic (exact) mass is 278 g/mol. The van der Waals surface area contributed by atoms with E-state index in [0.717, 1.165) is 29.8 Å². The van der Waals surface area contributed by atoms with Gasteiger partial charge in [0.1, 0.15) is 0 Å². The van der Waals surface area contributed by atoms with Gasteiger partial charge in [0.15, 0.2) is 0 Å². The first-order valence-corrected chi connectivity index (χ1v) is 6.48. The predicted octanol–water partition coefficient (Wildman–Crippen LogP) is 3.62. The van der Waals surface area contributed by atoms with Crippen LogP contribution >= 0.6 is 11.6 Å². The second-order valence-corrected chi connectivity index (χ2v) is 4.80. The van der Waals surface area contributed by atoms with Crippen LogP contribution < -0.4 is 0 Å². The molecule has 0 aliphatic carbocycles. The third-order valence-electron chi connectivity index (χ3n) is 2.91. The van der Waals surface area contributed by atoms with Crippen LogP contribution in [0.1, 0.15) is 29.4 Å². The van der Waals surface area contributed by atoms with Crippen LogP contribution in [0.15, 0.2) is 24.4 Å². The first-order chi connectivity index (χ1) is 9.02. The molecule has 1 aromatic carbocycles. The summed E-state index contributed by atoms with van der Waals surface area (Å²) in [6, 6.07) is 5.01. The predicted molar refractivity (Wildman–Crippen MR) is 74.7 cm³/mol. The summed E-state index contributed by atoms with van der Waals surface area (Å²) in [5.74, 6) is -1.02. The molecule has 0 atom stereocenters. The maximum absolute atomic E-state index is 11.1. The third kappa shape index (κ3) is 2.79. The number of rotatable bonds is 4. The number of aromatic carboxylic acids is 1. The average Bonchev–Trinajstić information content (AvgIpc) is 2.71. The maximum atomic E-state index is 11.1. The second-order valence-electron chi connectivity index (χ2n) is 4.39. The van der Waals surface area contributed by atoms with E-state index in [4.69, 9.17) is 16.7 Å². The zero-order valence-corrected chi connectivity index (χ0v) is 11.6. The van der Waals surface area contributed by atoms with Gasteiger partial charge in [0.2, 0.25) is 0 Å². The summed E-state index contributed by atoms with van der Waals surface area (Å²) in [5, 5.41) is 13.7. The molecule has 0 bridgehead atoms. The quantitative estimate of drug-likeness (QED) is 0.929. The minimum atomic E-state index is -1.02. The van der Waals surface area contributed by atoms with Gasteiger partial charge in [0.25, 0.3) is 0 Å². The molecule has 2 rings (SSSR count). The van der Waals surface area contributed by atoms with Crippen molar-refractivity contribution in [1.82, 2.24) is 9.78 Å². The van der Waals surface area contributed by atoms with Gasteiger partial charge in [-0.2, -0.15) is 5.10 Å². The number of hydrogen-bond donors (Lipinski definition) is 1. The smallest absolute Gasteiger partial charge is 0.337 e.